The summed E-state index contributed by atoms with van der Waals surface area (Å²) in [5.74, 6) is 2.99. The van der Waals surface area contributed by atoms with Crippen LogP contribution in [0.5, 0.6) is 0 Å². The number of carbonyl (C=O) groups is 2. The number of carbonyl (C=O) groups excluding carboxylic acids is 2. The summed E-state index contributed by atoms with van der Waals surface area (Å²) in [7, 11) is 0. The second-order valence-corrected chi connectivity index (χ2v) is 9.65. The monoisotopic (exact) mass is 370 g/mol. The average Bonchev–Trinajstić information content (AvgIpc) is 2.92. The predicted octanol–water partition coefficient (Wildman–Crippen LogP) is 5.58. The van der Waals surface area contributed by atoms with Gasteiger partial charge in [0, 0.05) is 12.3 Å². The number of ketones is 2. The van der Waals surface area contributed by atoms with Gasteiger partial charge in [-0.2, -0.15) is 0 Å². The summed E-state index contributed by atoms with van der Waals surface area (Å²) in [5.41, 5.74) is 1.63. The fourth-order valence-electron chi connectivity index (χ4n) is 6.66. The Bertz CT molecular complexity index is 711. The Morgan fingerprint density at radius 3 is 2.44 bits per heavy atom. The van der Waals surface area contributed by atoms with Crippen LogP contribution in [0, 0.1) is 34.5 Å². The lowest BCUT2D eigenvalue weighted by Crippen LogP contribution is -2.49. The molecule has 0 aromatic carbocycles. The topological polar surface area (TPSA) is 54.4 Å². The van der Waals surface area contributed by atoms with Gasteiger partial charge in [0.1, 0.15) is 5.78 Å². The fourth-order valence-corrected chi connectivity index (χ4v) is 6.66. The number of rotatable bonds is 1. The van der Waals surface area contributed by atoms with Crippen LogP contribution < -0.4 is 0 Å². The van der Waals surface area contributed by atoms with Gasteiger partial charge in [0.2, 0.25) is 0 Å². The summed E-state index contributed by atoms with van der Waals surface area (Å²) in [6.45, 7) is 11.2. The molecule has 148 valence electrons. The summed E-state index contributed by atoms with van der Waals surface area (Å²) < 4.78 is 0. The van der Waals surface area contributed by atoms with Gasteiger partial charge in [-0.1, -0.05) is 32.6 Å². The third kappa shape index (κ3) is 3.34. The van der Waals surface area contributed by atoms with Gasteiger partial charge in [-0.3, -0.25) is 9.59 Å². The highest BCUT2D eigenvalue weighted by Crippen LogP contribution is 2.65. The van der Waals surface area contributed by atoms with Crippen LogP contribution in [-0.2, 0) is 9.59 Å². The second-order valence-electron chi connectivity index (χ2n) is 9.65. The van der Waals surface area contributed by atoms with E-state index in [1.807, 2.05) is 6.08 Å². The number of aliphatic hydroxyl groups excluding tert-OH is 1. The fraction of sp³-hybridized carbons (Fsp3) is 0.667. The molecule has 0 aliphatic heterocycles. The Labute approximate surface area is 163 Å². The van der Waals surface area contributed by atoms with Crippen LogP contribution in [0.1, 0.15) is 66.2 Å². The number of hydrogen-bond acceptors (Lipinski definition) is 3. The molecule has 4 aliphatic rings. The van der Waals surface area contributed by atoms with E-state index in [-0.39, 0.29) is 22.5 Å². The Balaban J connectivity index is 0.000000481. The molecular weight excluding hydrogens is 336 g/mol. The number of allylic oxidation sites excluding steroid dienone is 5. The molecule has 3 nitrogen and oxygen atoms in total. The third-order valence-corrected chi connectivity index (χ3v) is 8.01. The van der Waals surface area contributed by atoms with Gasteiger partial charge in [0.25, 0.3) is 0 Å². The molecule has 27 heavy (non-hydrogen) atoms. The highest BCUT2D eigenvalue weighted by molar-refractivity contribution is 5.92. The molecule has 0 amide bonds. The lowest BCUT2D eigenvalue weighted by atomic mass is 9.48. The van der Waals surface area contributed by atoms with Crippen molar-refractivity contribution in [2.45, 2.75) is 66.2 Å². The van der Waals surface area contributed by atoms with Crippen molar-refractivity contribution in [2.75, 3.05) is 0 Å². The van der Waals surface area contributed by atoms with E-state index in [1.165, 1.54) is 31.8 Å². The van der Waals surface area contributed by atoms with Gasteiger partial charge >= 0.3 is 0 Å². The standard InChI is InChI=1S/C21H28O2.C3H6O/c1-13(22)17-6-7-18-16-5-4-14-12-15(23)8-10-20(14,2)19(16)9-11-21(17,18)3;1-3(2)4/h4-5,12,16-19H,6-11H2,1-3H3;4H,1H2,2H3. The predicted molar refractivity (Wildman–Crippen MR) is 108 cm³/mol. The first kappa shape index (κ1) is 20.1. The third-order valence-electron chi connectivity index (χ3n) is 8.01. The second kappa shape index (κ2) is 7.07. The Morgan fingerprint density at radius 2 is 1.81 bits per heavy atom. The largest absolute Gasteiger partial charge is 0.513 e. The molecule has 4 aliphatic carbocycles. The minimum absolute atomic E-state index is 0.167. The van der Waals surface area contributed by atoms with Gasteiger partial charge in [0.05, 0.1) is 5.76 Å². The van der Waals surface area contributed by atoms with Crippen LogP contribution >= 0.6 is 0 Å². The first-order valence-electron chi connectivity index (χ1n) is 10.4. The van der Waals surface area contributed by atoms with E-state index < -0.39 is 0 Å². The van der Waals surface area contributed by atoms with Crippen LogP contribution in [0.25, 0.3) is 0 Å². The first-order chi connectivity index (χ1) is 12.6. The van der Waals surface area contributed by atoms with E-state index in [9.17, 15) is 9.59 Å². The van der Waals surface area contributed by atoms with E-state index in [2.05, 4.69) is 32.6 Å². The van der Waals surface area contributed by atoms with Crippen LogP contribution in [-0.4, -0.2) is 16.7 Å². The molecule has 0 aromatic heterocycles. The zero-order valence-corrected chi connectivity index (χ0v) is 17.3. The number of Topliss-reactive ketones (excluding diaryl/α,β-unsaturated/α-hetero) is 1. The van der Waals surface area contributed by atoms with Crippen LogP contribution in [0.3, 0.4) is 0 Å². The summed E-state index contributed by atoms with van der Waals surface area (Å²) in [6, 6.07) is 0. The minimum atomic E-state index is 0.167. The number of fused-ring (bicyclic) bond motifs is 5. The lowest BCUT2D eigenvalue weighted by molar-refractivity contribution is -0.127. The van der Waals surface area contributed by atoms with Gasteiger partial charge in [0.15, 0.2) is 5.78 Å². The SMILES string of the molecule is C=C(C)O.CC(=O)C1CCC2C3C=CC4=CC(=O)CCC4(C)C3CCC12C. The molecule has 0 spiro atoms. The maximum atomic E-state index is 12.1. The normalized spacial score (nSPS) is 42.1. The van der Waals surface area contributed by atoms with E-state index in [0.717, 1.165) is 12.8 Å². The van der Waals surface area contributed by atoms with Crippen LogP contribution in [0.4, 0.5) is 0 Å². The summed E-state index contributed by atoms with van der Waals surface area (Å²) >= 11 is 0. The highest BCUT2D eigenvalue weighted by atomic mass is 16.3. The maximum Gasteiger partial charge on any atom is 0.156 e. The molecule has 2 saturated carbocycles. The van der Waals surface area contributed by atoms with Crippen molar-refractivity contribution in [3.63, 3.8) is 0 Å². The molecule has 4 rings (SSSR count). The van der Waals surface area contributed by atoms with Gasteiger partial charge in [-0.15, -0.1) is 0 Å². The number of aliphatic hydroxyl groups is 1. The van der Waals surface area contributed by atoms with Gasteiger partial charge in [-0.25, -0.2) is 0 Å². The molecule has 0 heterocycles. The van der Waals surface area contributed by atoms with Crippen molar-refractivity contribution in [2.24, 2.45) is 34.5 Å². The Kier molecular flexibility index (Phi) is 5.26. The lowest BCUT2D eigenvalue weighted by Gasteiger charge is -2.55. The molecule has 0 radical (unpaired) electrons. The quantitative estimate of drug-likeness (QED) is 0.613. The smallest absolute Gasteiger partial charge is 0.156 e. The van der Waals surface area contributed by atoms with E-state index in [0.29, 0.717) is 35.7 Å². The van der Waals surface area contributed by atoms with Crippen molar-refractivity contribution in [1.82, 2.24) is 0 Å². The maximum absolute atomic E-state index is 12.1. The Hall–Kier alpha value is -1.64. The summed E-state index contributed by atoms with van der Waals surface area (Å²) in [5, 5.41) is 7.86. The zero-order chi connectivity index (χ0) is 20.0. The van der Waals surface area contributed by atoms with E-state index in [1.54, 1.807) is 6.92 Å². The van der Waals surface area contributed by atoms with Gasteiger partial charge in [-0.05, 0) is 86.2 Å². The van der Waals surface area contributed by atoms with Crippen molar-refractivity contribution in [1.29, 1.82) is 0 Å². The Morgan fingerprint density at radius 1 is 1.15 bits per heavy atom. The summed E-state index contributed by atoms with van der Waals surface area (Å²) in [4.78, 5) is 24.0. The number of hydrogen-bond donors (Lipinski definition) is 1. The van der Waals surface area contributed by atoms with Crippen molar-refractivity contribution < 1.29 is 14.7 Å². The molecule has 1 N–H and O–H groups in total. The molecule has 0 aromatic rings. The van der Waals surface area contributed by atoms with Crippen molar-refractivity contribution in [3.8, 4) is 0 Å². The van der Waals surface area contributed by atoms with Crippen LogP contribution in [0.2, 0.25) is 0 Å². The molecule has 0 bridgehead atoms. The molecule has 6 unspecified atom stereocenters. The zero-order valence-electron chi connectivity index (χ0n) is 17.3. The van der Waals surface area contributed by atoms with Crippen molar-refractivity contribution in [3.05, 3.63) is 36.1 Å². The van der Waals surface area contributed by atoms with Crippen LogP contribution in [0.15, 0.2) is 36.1 Å². The molecule has 3 heteroatoms. The molecule has 0 saturated heterocycles. The molecular formula is C24H34O3. The average molecular weight is 371 g/mol. The van der Waals surface area contributed by atoms with E-state index >= 15 is 0 Å². The highest BCUT2D eigenvalue weighted by Gasteiger charge is 2.58. The summed E-state index contributed by atoms with van der Waals surface area (Å²) in [6.07, 6.45) is 12.9. The van der Waals surface area contributed by atoms with Gasteiger partial charge < -0.3 is 5.11 Å². The van der Waals surface area contributed by atoms with Crippen molar-refractivity contribution >= 4 is 11.6 Å². The van der Waals surface area contributed by atoms with E-state index in [4.69, 9.17) is 5.11 Å². The minimum Gasteiger partial charge on any atom is -0.513 e. The first-order valence-corrected chi connectivity index (χ1v) is 10.4. The molecule has 6 atom stereocenters. The molecule has 2 fully saturated rings.